The van der Waals surface area contributed by atoms with E-state index >= 15 is 0 Å². The highest BCUT2D eigenvalue weighted by molar-refractivity contribution is 8.34. The molecule has 102 valence electrons. The minimum atomic E-state index is -0.987. The molecular weight excluding hydrogens is 248 g/mol. The molecule has 19 heavy (non-hydrogen) atoms. The molecule has 0 spiro atoms. The van der Waals surface area contributed by atoms with Gasteiger partial charge in [0.2, 0.25) is 0 Å². The topological polar surface area (TPSA) is 0 Å². The zero-order chi connectivity index (χ0) is 13.9. The normalized spacial score (nSPS) is 12.9. The molecule has 0 bridgehead atoms. The van der Waals surface area contributed by atoms with Gasteiger partial charge in [-0.1, -0.05) is 64.1 Å². The summed E-state index contributed by atoms with van der Waals surface area (Å²) in [4.78, 5) is 3.01. The lowest BCUT2D eigenvalue weighted by Crippen LogP contribution is -2.22. The average molecular weight is 272 g/mol. The van der Waals surface area contributed by atoms with Crippen molar-refractivity contribution in [3.05, 3.63) is 60.7 Å². The highest BCUT2D eigenvalue weighted by Gasteiger charge is 2.34. The van der Waals surface area contributed by atoms with Crippen molar-refractivity contribution in [3.63, 3.8) is 0 Å². The van der Waals surface area contributed by atoms with Gasteiger partial charge in [0.15, 0.2) is 0 Å². The van der Waals surface area contributed by atoms with Gasteiger partial charge in [0.25, 0.3) is 0 Å². The first-order valence-corrected chi connectivity index (χ1v) is 8.77. The molecule has 0 heterocycles. The lowest BCUT2D eigenvalue weighted by atomic mass is 10.4. The standard InChI is InChI=1S/C18H24S/c1-15(2)19(16(3)4,17-11-7-5-8-12-17)18-13-9-6-10-14-18/h5-16H,1-4H3. The molecule has 0 fully saturated rings. The maximum Gasteiger partial charge on any atom is -0.00546 e. The zero-order valence-corrected chi connectivity index (χ0v) is 13.2. The summed E-state index contributed by atoms with van der Waals surface area (Å²) in [6.07, 6.45) is 0. The second kappa shape index (κ2) is 5.83. The average Bonchev–Trinajstić information content (AvgIpc) is 2.41. The SMILES string of the molecule is CC(C)S(c1ccccc1)(c1ccccc1)C(C)C. The van der Waals surface area contributed by atoms with Gasteiger partial charge in [-0.2, -0.15) is 10.0 Å². The Labute approximate surface area is 119 Å². The van der Waals surface area contributed by atoms with Gasteiger partial charge in [-0.25, -0.2) is 0 Å². The fraction of sp³-hybridized carbons (Fsp3) is 0.333. The minimum absolute atomic E-state index is 0.636. The molecule has 2 aromatic rings. The molecule has 0 saturated heterocycles. The van der Waals surface area contributed by atoms with Crippen LogP contribution in [0.5, 0.6) is 0 Å². The highest BCUT2D eigenvalue weighted by atomic mass is 32.3. The van der Waals surface area contributed by atoms with E-state index in [0.29, 0.717) is 10.5 Å². The molecular formula is C18H24S. The summed E-state index contributed by atoms with van der Waals surface area (Å²) in [6.45, 7) is 9.48. The number of hydrogen-bond acceptors (Lipinski definition) is 0. The molecule has 2 rings (SSSR count). The monoisotopic (exact) mass is 272 g/mol. The quantitative estimate of drug-likeness (QED) is 0.667. The molecule has 0 N–H and O–H groups in total. The van der Waals surface area contributed by atoms with Crippen LogP contribution in [-0.4, -0.2) is 10.5 Å². The van der Waals surface area contributed by atoms with E-state index in [4.69, 9.17) is 0 Å². The van der Waals surface area contributed by atoms with Gasteiger partial charge in [-0.05, 0) is 44.6 Å². The second-order valence-corrected chi connectivity index (χ2v) is 9.68. The lowest BCUT2D eigenvalue weighted by molar-refractivity contribution is 0.985. The summed E-state index contributed by atoms with van der Waals surface area (Å²) in [6, 6.07) is 22.1. The third-order valence-electron chi connectivity index (χ3n) is 3.75. The molecule has 0 atom stereocenters. The van der Waals surface area contributed by atoms with Crippen LogP contribution >= 0.6 is 10.0 Å². The number of hydrogen-bond donors (Lipinski definition) is 0. The summed E-state index contributed by atoms with van der Waals surface area (Å²) < 4.78 is 0. The molecule has 0 aliphatic rings. The van der Waals surface area contributed by atoms with Crippen LogP contribution in [0, 0.1) is 0 Å². The van der Waals surface area contributed by atoms with Crippen molar-refractivity contribution in [2.75, 3.05) is 0 Å². The number of benzene rings is 2. The van der Waals surface area contributed by atoms with Crippen LogP contribution in [0.2, 0.25) is 0 Å². The predicted molar refractivity (Wildman–Crippen MR) is 87.3 cm³/mol. The Morgan fingerprint density at radius 1 is 0.579 bits per heavy atom. The van der Waals surface area contributed by atoms with Crippen molar-refractivity contribution in [2.45, 2.75) is 48.0 Å². The molecule has 0 saturated carbocycles. The lowest BCUT2D eigenvalue weighted by Gasteiger charge is -2.48. The molecule has 0 aromatic heterocycles. The molecule has 0 radical (unpaired) electrons. The molecule has 2 aromatic carbocycles. The summed E-state index contributed by atoms with van der Waals surface area (Å²) in [5.41, 5.74) is 0. The Morgan fingerprint density at radius 3 is 1.16 bits per heavy atom. The maximum absolute atomic E-state index is 2.37. The summed E-state index contributed by atoms with van der Waals surface area (Å²) >= 11 is 0. The van der Waals surface area contributed by atoms with E-state index in [0.717, 1.165) is 0 Å². The Kier molecular flexibility index (Phi) is 4.36. The Morgan fingerprint density at radius 2 is 0.895 bits per heavy atom. The van der Waals surface area contributed by atoms with Crippen LogP contribution in [0.15, 0.2) is 70.5 Å². The maximum atomic E-state index is 2.37. The van der Waals surface area contributed by atoms with Crippen LogP contribution in [0.4, 0.5) is 0 Å². The molecule has 0 nitrogen and oxygen atoms in total. The van der Waals surface area contributed by atoms with Crippen LogP contribution in [0.3, 0.4) is 0 Å². The zero-order valence-electron chi connectivity index (χ0n) is 12.3. The Bertz CT molecular complexity index is 450. The van der Waals surface area contributed by atoms with Crippen molar-refractivity contribution >= 4 is 10.0 Å². The fourth-order valence-electron chi connectivity index (χ4n) is 3.06. The third-order valence-corrected chi connectivity index (χ3v) is 8.83. The summed E-state index contributed by atoms with van der Waals surface area (Å²) in [5.74, 6) is 0. The van der Waals surface area contributed by atoms with E-state index in [1.54, 1.807) is 0 Å². The van der Waals surface area contributed by atoms with E-state index in [2.05, 4.69) is 88.4 Å². The van der Waals surface area contributed by atoms with Gasteiger partial charge in [0.05, 0.1) is 0 Å². The van der Waals surface area contributed by atoms with Gasteiger partial charge in [0, 0.05) is 0 Å². The molecule has 0 aliphatic heterocycles. The molecule has 0 amide bonds. The van der Waals surface area contributed by atoms with Crippen molar-refractivity contribution in [1.82, 2.24) is 0 Å². The fourth-order valence-corrected chi connectivity index (χ4v) is 7.81. The minimum Gasteiger partial charge on any atom is -0.183 e. The predicted octanol–water partition coefficient (Wildman–Crippen LogP) is 5.73. The highest BCUT2D eigenvalue weighted by Crippen LogP contribution is 2.68. The summed E-state index contributed by atoms with van der Waals surface area (Å²) in [7, 11) is -0.987. The van der Waals surface area contributed by atoms with Gasteiger partial charge in [-0.15, -0.1) is 0 Å². The van der Waals surface area contributed by atoms with E-state index in [-0.39, 0.29) is 0 Å². The van der Waals surface area contributed by atoms with E-state index in [1.165, 1.54) is 9.79 Å². The van der Waals surface area contributed by atoms with Gasteiger partial charge in [-0.3, -0.25) is 0 Å². The van der Waals surface area contributed by atoms with Crippen molar-refractivity contribution < 1.29 is 0 Å². The van der Waals surface area contributed by atoms with Crippen LogP contribution in [0.1, 0.15) is 27.7 Å². The van der Waals surface area contributed by atoms with Crippen LogP contribution < -0.4 is 0 Å². The van der Waals surface area contributed by atoms with Crippen molar-refractivity contribution in [2.24, 2.45) is 0 Å². The molecule has 1 heteroatoms. The second-order valence-electron chi connectivity index (χ2n) is 5.43. The Balaban J connectivity index is 2.69. The molecule has 0 aliphatic carbocycles. The van der Waals surface area contributed by atoms with E-state index < -0.39 is 10.0 Å². The first kappa shape index (κ1) is 14.2. The van der Waals surface area contributed by atoms with Crippen LogP contribution in [-0.2, 0) is 0 Å². The summed E-state index contributed by atoms with van der Waals surface area (Å²) in [5, 5.41) is 1.27. The van der Waals surface area contributed by atoms with Gasteiger partial charge < -0.3 is 0 Å². The third kappa shape index (κ3) is 2.44. The molecule has 0 unspecified atom stereocenters. The van der Waals surface area contributed by atoms with Gasteiger partial charge >= 0.3 is 0 Å². The van der Waals surface area contributed by atoms with Crippen molar-refractivity contribution in [3.8, 4) is 0 Å². The first-order valence-electron chi connectivity index (χ1n) is 7.01. The Hall–Kier alpha value is -1.21. The van der Waals surface area contributed by atoms with Gasteiger partial charge in [0.1, 0.15) is 0 Å². The smallest absolute Gasteiger partial charge is 0.00546 e. The van der Waals surface area contributed by atoms with E-state index in [9.17, 15) is 0 Å². The van der Waals surface area contributed by atoms with Crippen molar-refractivity contribution in [1.29, 1.82) is 0 Å². The number of rotatable bonds is 4. The van der Waals surface area contributed by atoms with E-state index in [1.807, 2.05) is 0 Å². The first-order chi connectivity index (χ1) is 9.10. The largest absolute Gasteiger partial charge is 0.183 e. The van der Waals surface area contributed by atoms with Crippen LogP contribution in [0.25, 0.3) is 0 Å².